The standard InChI is InChI=1S/C17H18N6O2S/c1-10(2)14(24)15-21-20-13-4-3-11(8-23(13)15)16(25)18-7-12-9-22-5-6-26-17(22)19-12/h3-6,8-10,14,24H,7H2,1-2H3,(H,18,25). The number of imidazole rings is 1. The summed E-state index contributed by atoms with van der Waals surface area (Å²) in [4.78, 5) is 17.8. The number of nitrogens with zero attached hydrogens (tertiary/aromatic N) is 5. The van der Waals surface area contributed by atoms with Crippen LogP contribution in [0.4, 0.5) is 0 Å². The molecule has 0 spiro atoms. The largest absolute Gasteiger partial charge is 0.385 e. The van der Waals surface area contributed by atoms with E-state index in [1.165, 1.54) is 0 Å². The van der Waals surface area contributed by atoms with Gasteiger partial charge in [-0.15, -0.1) is 21.5 Å². The molecule has 0 saturated heterocycles. The van der Waals surface area contributed by atoms with Crippen LogP contribution in [0.1, 0.15) is 41.8 Å². The van der Waals surface area contributed by atoms with Crippen LogP contribution in [0.15, 0.2) is 36.1 Å². The van der Waals surface area contributed by atoms with E-state index in [9.17, 15) is 9.90 Å². The van der Waals surface area contributed by atoms with Crippen LogP contribution in [0.5, 0.6) is 0 Å². The van der Waals surface area contributed by atoms with E-state index in [2.05, 4.69) is 20.5 Å². The number of nitrogens with one attached hydrogen (secondary N) is 1. The summed E-state index contributed by atoms with van der Waals surface area (Å²) >= 11 is 1.55. The van der Waals surface area contributed by atoms with E-state index in [4.69, 9.17) is 0 Å². The van der Waals surface area contributed by atoms with E-state index < -0.39 is 6.10 Å². The predicted molar refractivity (Wildman–Crippen MR) is 97.0 cm³/mol. The molecule has 8 nitrogen and oxygen atoms in total. The molecule has 1 unspecified atom stereocenters. The van der Waals surface area contributed by atoms with Gasteiger partial charge >= 0.3 is 0 Å². The molecular weight excluding hydrogens is 352 g/mol. The van der Waals surface area contributed by atoms with Gasteiger partial charge in [0.15, 0.2) is 16.4 Å². The first-order chi connectivity index (χ1) is 12.5. The third-order valence-electron chi connectivity index (χ3n) is 4.16. The number of thiazole rings is 1. The first-order valence-electron chi connectivity index (χ1n) is 8.25. The van der Waals surface area contributed by atoms with Crippen LogP contribution >= 0.6 is 11.3 Å². The van der Waals surface area contributed by atoms with Gasteiger partial charge in [-0.05, 0) is 18.1 Å². The number of carbonyl (C=O) groups excluding carboxylic acids is 1. The highest BCUT2D eigenvalue weighted by Crippen LogP contribution is 2.20. The third kappa shape index (κ3) is 2.95. The number of aliphatic hydroxyl groups excluding tert-OH is 1. The van der Waals surface area contributed by atoms with Crippen LogP contribution in [0.3, 0.4) is 0 Å². The molecule has 0 fully saturated rings. The molecule has 4 aromatic heterocycles. The zero-order chi connectivity index (χ0) is 18.3. The Morgan fingerprint density at radius 3 is 2.92 bits per heavy atom. The molecule has 1 atom stereocenters. The number of amides is 1. The monoisotopic (exact) mass is 370 g/mol. The molecule has 0 bridgehead atoms. The Morgan fingerprint density at radius 1 is 1.31 bits per heavy atom. The average Bonchev–Trinajstić information content (AvgIpc) is 3.32. The number of carbonyl (C=O) groups is 1. The van der Waals surface area contributed by atoms with Gasteiger partial charge in [0.1, 0.15) is 6.10 Å². The van der Waals surface area contributed by atoms with Gasteiger partial charge in [0.25, 0.3) is 5.91 Å². The summed E-state index contributed by atoms with van der Waals surface area (Å²) in [7, 11) is 0. The minimum Gasteiger partial charge on any atom is -0.385 e. The van der Waals surface area contributed by atoms with Crippen molar-refractivity contribution < 1.29 is 9.90 Å². The topological polar surface area (TPSA) is 96.8 Å². The van der Waals surface area contributed by atoms with Gasteiger partial charge in [0, 0.05) is 24.0 Å². The molecule has 0 radical (unpaired) electrons. The lowest BCUT2D eigenvalue weighted by Gasteiger charge is -2.12. The summed E-state index contributed by atoms with van der Waals surface area (Å²) < 4.78 is 3.58. The van der Waals surface area contributed by atoms with Crippen LogP contribution in [0.25, 0.3) is 10.6 Å². The number of hydrogen-bond acceptors (Lipinski definition) is 6. The zero-order valence-electron chi connectivity index (χ0n) is 14.3. The molecule has 0 saturated carbocycles. The molecular formula is C17H18N6O2S. The molecule has 4 heterocycles. The molecule has 0 aliphatic carbocycles. The van der Waals surface area contributed by atoms with Crippen LogP contribution in [-0.4, -0.2) is 35.0 Å². The van der Waals surface area contributed by atoms with Crippen LogP contribution in [-0.2, 0) is 6.54 Å². The lowest BCUT2D eigenvalue weighted by molar-refractivity contribution is 0.0949. The fourth-order valence-electron chi connectivity index (χ4n) is 2.68. The lowest BCUT2D eigenvalue weighted by atomic mass is 10.1. The highest BCUT2D eigenvalue weighted by Gasteiger charge is 2.19. The third-order valence-corrected chi connectivity index (χ3v) is 4.93. The van der Waals surface area contributed by atoms with Gasteiger partial charge in [0.05, 0.1) is 17.8 Å². The van der Waals surface area contributed by atoms with Crippen LogP contribution in [0.2, 0.25) is 0 Å². The Balaban J connectivity index is 1.54. The maximum atomic E-state index is 12.5. The Labute approximate surface area is 153 Å². The first-order valence-corrected chi connectivity index (χ1v) is 9.13. The van der Waals surface area contributed by atoms with Crippen molar-refractivity contribution in [3.8, 4) is 0 Å². The highest BCUT2D eigenvalue weighted by molar-refractivity contribution is 7.15. The number of hydrogen-bond donors (Lipinski definition) is 2. The Kier molecular flexibility index (Phi) is 4.17. The summed E-state index contributed by atoms with van der Waals surface area (Å²) in [6.07, 6.45) is 4.73. The Bertz CT molecular complexity index is 1050. The summed E-state index contributed by atoms with van der Waals surface area (Å²) in [6, 6.07) is 3.40. The molecule has 134 valence electrons. The number of rotatable bonds is 5. The van der Waals surface area contributed by atoms with Crippen molar-refractivity contribution in [2.75, 3.05) is 0 Å². The van der Waals surface area contributed by atoms with E-state index in [1.54, 1.807) is 34.1 Å². The van der Waals surface area contributed by atoms with Crippen molar-refractivity contribution in [1.29, 1.82) is 0 Å². The average molecular weight is 370 g/mol. The van der Waals surface area contributed by atoms with E-state index in [1.807, 2.05) is 36.0 Å². The fourth-order valence-corrected chi connectivity index (χ4v) is 3.40. The molecule has 2 N–H and O–H groups in total. The van der Waals surface area contributed by atoms with Gasteiger partial charge in [-0.25, -0.2) is 4.98 Å². The molecule has 0 aliphatic rings. The minimum atomic E-state index is -0.748. The summed E-state index contributed by atoms with van der Waals surface area (Å²) in [5, 5.41) is 23.2. The van der Waals surface area contributed by atoms with Crippen molar-refractivity contribution in [2.24, 2.45) is 5.92 Å². The summed E-state index contributed by atoms with van der Waals surface area (Å²) in [6.45, 7) is 4.14. The van der Waals surface area contributed by atoms with Crippen molar-refractivity contribution in [3.05, 3.63) is 53.2 Å². The van der Waals surface area contributed by atoms with Crippen LogP contribution in [0, 0.1) is 5.92 Å². The highest BCUT2D eigenvalue weighted by atomic mass is 32.1. The second kappa shape index (κ2) is 6.50. The van der Waals surface area contributed by atoms with E-state index >= 15 is 0 Å². The molecule has 26 heavy (non-hydrogen) atoms. The molecule has 4 aromatic rings. The number of fused-ring (bicyclic) bond motifs is 2. The predicted octanol–water partition coefficient (Wildman–Crippen LogP) is 2.06. The normalized spacial score (nSPS) is 12.9. The van der Waals surface area contributed by atoms with Crippen molar-refractivity contribution in [3.63, 3.8) is 0 Å². The van der Waals surface area contributed by atoms with E-state index in [0.717, 1.165) is 10.7 Å². The van der Waals surface area contributed by atoms with Gasteiger partial charge in [-0.2, -0.15) is 0 Å². The smallest absolute Gasteiger partial charge is 0.253 e. The van der Waals surface area contributed by atoms with Gasteiger partial charge in [-0.1, -0.05) is 13.8 Å². The number of pyridine rings is 1. The Hall–Kier alpha value is -2.78. The number of aromatic nitrogens is 5. The molecule has 9 heteroatoms. The second-order valence-electron chi connectivity index (χ2n) is 6.40. The molecule has 4 rings (SSSR count). The molecule has 0 aliphatic heterocycles. The van der Waals surface area contributed by atoms with Crippen molar-refractivity contribution in [1.82, 2.24) is 29.3 Å². The van der Waals surface area contributed by atoms with E-state index in [-0.39, 0.29) is 11.8 Å². The number of aliphatic hydroxyl groups is 1. The maximum Gasteiger partial charge on any atom is 0.253 e. The van der Waals surface area contributed by atoms with Crippen molar-refractivity contribution >= 4 is 27.9 Å². The maximum absolute atomic E-state index is 12.5. The first kappa shape index (κ1) is 16.7. The fraction of sp³-hybridized carbons (Fsp3) is 0.294. The second-order valence-corrected chi connectivity index (χ2v) is 7.27. The van der Waals surface area contributed by atoms with Crippen molar-refractivity contribution in [2.45, 2.75) is 26.5 Å². The van der Waals surface area contributed by atoms with E-state index in [0.29, 0.717) is 23.6 Å². The summed E-state index contributed by atoms with van der Waals surface area (Å²) in [5.41, 5.74) is 1.85. The SMILES string of the molecule is CC(C)C(O)c1nnc2ccc(C(=O)NCc3cn4ccsc4n3)cn12. The van der Waals surface area contributed by atoms with Gasteiger partial charge in [-0.3, -0.25) is 13.6 Å². The molecule has 0 aromatic carbocycles. The lowest BCUT2D eigenvalue weighted by Crippen LogP contribution is -2.23. The molecule has 1 amide bonds. The Morgan fingerprint density at radius 2 is 2.15 bits per heavy atom. The van der Waals surface area contributed by atoms with Gasteiger partial charge < -0.3 is 10.4 Å². The minimum absolute atomic E-state index is 0.00494. The van der Waals surface area contributed by atoms with Crippen LogP contribution < -0.4 is 5.32 Å². The summed E-state index contributed by atoms with van der Waals surface area (Å²) in [5.74, 6) is 0.204. The zero-order valence-corrected chi connectivity index (χ0v) is 15.1. The van der Waals surface area contributed by atoms with Gasteiger partial charge in [0.2, 0.25) is 0 Å². The quantitative estimate of drug-likeness (QED) is 0.560.